The molecule has 0 spiro atoms. The molecule has 6 nitrogen and oxygen atoms in total. The third kappa shape index (κ3) is 4.69. The molecule has 2 atom stereocenters. The Morgan fingerprint density at radius 2 is 2.23 bits per heavy atom. The van der Waals surface area contributed by atoms with Crippen LogP contribution < -0.4 is 10.6 Å². The summed E-state index contributed by atoms with van der Waals surface area (Å²) >= 11 is 0. The average molecular weight is 329 g/mol. The number of benzene rings is 1. The Labute approximate surface area is 136 Å². The third-order valence-corrected chi connectivity index (χ3v) is 3.41. The molecule has 2 rings (SSSR count). The van der Waals surface area contributed by atoms with Gasteiger partial charge in [-0.2, -0.15) is 0 Å². The molecule has 2 N–H and O–H groups in total. The van der Waals surface area contributed by atoms with Crippen molar-refractivity contribution in [2.45, 2.75) is 25.6 Å². The molecule has 1 amide bonds. The van der Waals surface area contributed by atoms with Gasteiger partial charge in [-0.1, -0.05) is 12.1 Å². The molecular weight excluding hydrogens is 308 g/mol. The Kier molecular flexibility index (Phi) is 7.31. The Bertz CT molecular complexity index is 524. The summed E-state index contributed by atoms with van der Waals surface area (Å²) in [6.07, 6.45) is -0.153. The minimum Gasteiger partial charge on any atom is -0.465 e. The molecule has 1 saturated heterocycles. The van der Waals surface area contributed by atoms with E-state index in [1.54, 1.807) is 18.2 Å². The predicted molar refractivity (Wildman–Crippen MR) is 84.1 cm³/mol. The minimum absolute atomic E-state index is 0. The maximum atomic E-state index is 12.1. The summed E-state index contributed by atoms with van der Waals surface area (Å²) < 4.78 is 10.1. The number of methoxy groups -OCH3 is 1. The van der Waals surface area contributed by atoms with Crippen LogP contribution in [-0.4, -0.2) is 44.3 Å². The zero-order valence-corrected chi connectivity index (χ0v) is 13.4. The van der Waals surface area contributed by atoms with Crippen LogP contribution in [0.15, 0.2) is 24.3 Å². The number of halogens is 1. The summed E-state index contributed by atoms with van der Waals surface area (Å²) in [7, 11) is 1.34. The van der Waals surface area contributed by atoms with Gasteiger partial charge in [0.05, 0.1) is 25.4 Å². The summed E-state index contributed by atoms with van der Waals surface area (Å²) in [5.41, 5.74) is 1.31. The molecule has 0 aliphatic carbocycles. The van der Waals surface area contributed by atoms with Crippen molar-refractivity contribution in [1.29, 1.82) is 0 Å². The van der Waals surface area contributed by atoms with Crippen molar-refractivity contribution < 1.29 is 19.1 Å². The second kappa shape index (κ2) is 8.73. The highest BCUT2D eigenvalue weighted by molar-refractivity contribution is 5.89. The first-order valence-electron chi connectivity index (χ1n) is 6.92. The largest absolute Gasteiger partial charge is 0.465 e. The van der Waals surface area contributed by atoms with Gasteiger partial charge in [0.1, 0.15) is 6.04 Å². The van der Waals surface area contributed by atoms with Crippen LogP contribution in [0, 0.1) is 0 Å². The maximum absolute atomic E-state index is 12.1. The van der Waals surface area contributed by atoms with Crippen molar-refractivity contribution in [2.24, 2.45) is 0 Å². The molecule has 7 heteroatoms. The smallest absolute Gasteiger partial charge is 0.337 e. The van der Waals surface area contributed by atoms with Crippen LogP contribution in [-0.2, 0) is 20.8 Å². The van der Waals surface area contributed by atoms with E-state index >= 15 is 0 Å². The monoisotopic (exact) mass is 328 g/mol. The van der Waals surface area contributed by atoms with Gasteiger partial charge >= 0.3 is 5.97 Å². The first kappa shape index (κ1) is 18.4. The topological polar surface area (TPSA) is 76.7 Å². The first-order chi connectivity index (χ1) is 10.1. The normalized spacial score (nSPS) is 20.6. The van der Waals surface area contributed by atoms with Gasteiger partial charge in [0.2, 0.25) is 5.91 Å². The van der Waals surface area contributed by atoms with Gasteiger partial charge in [0.25, 0.3) is 0 Å². The van der Waals surface area contributed by atoms with E-state index in [2.05, 4.69) is 15.4 Å². The number of morpholine rings is 1. The molecule has 122 valence electrons. The lowest BCUT2D eigenvalue weighted by molar-refractivity contribution is -0.129. The molecule has 0 saturated carbocycles. The Balaban J connectivity index is 0.00000242. The molecule has 1 heterocycles. The van der Waals surface area contributed by atoms with E-state index in [0.29, 0.717) is 25.3 Å². The van der Waals surface area contributed by atoms with Crippen LogP contribution in [0.3, 0.4) is 0 Å². The second-order valence-corrected chi connectivity index (χ2v) is 4.92. The number of esters is 1. The summed E-state index contributed by atoms with van der Waals surface area (Å²) in [4.78, 5) is 23.6. The summed E-state index contributed by atoms with van der Waals surface area (Å²) in [5, 5.41) is 5.98. The fourth-order valence-corrected chi connectivity index (χ4v) is 2.25. The number of nitrogens with one attached hydrogen (secondary N) is 2. The molecule has 0 unspecified atom stereocenters. The van der Waals surface area contributed by atoms with Crippen molar-refractivity contribution in [3.8, 4) is 0 Å². The number of carbonyl (C=O) groups excluding carboxylic acids is 2. The molecule has 1 aliphatic rings. The maximum Gasteiger partial charge on any atom is 0.337 e. The van der Waals surface area contributed by atoms with Gasteiger partial charge in [-0.25, -0.2) is 4.79 Å². The van der Waals surface area contributed by atoms with Gasteiger partial charge in [-0.15, -0.1) is 12.4 Å². The zero-order chi connectivity index (χ0) is 15.2. The average Bonchev–Trinajstić information content (AvgIpc) is 2.52. The SMILES string of the molecule is COC(=O)c1cccc(CNC(=O)[C@H]2NCCO[C@@H]2C)c1.Cl. The van der Waals surface area contributed by atoms with Crippen LogP contribution >= 0.6 is 12.4 Å². The molecule has 1 fully saturated rings. The van der Waals surface area contributed by atoms with Crippen molar-refractivity contribution in [1.82, 2.24) is 10.6 Å². The Morgan fingerprint density at radius 1 is 1.45 bits per heavy atom. The number of amides is 1. The highest BCUT2D eigenvalue weighted by atomic mass is 35.5. The molecule has 1 aliphatic heterocycles. The number of carbonyl (C=O) groups is 2. The molecular formula is C15H21ClN2O4. The zero-order valence-electron chi connectivity index (χ0n) is 12.6. The second-order valence-electron chi connectivity index (χ2n) is 4.92. The standard InChI is InChI=1S/C15H20N2O4.ClH/c1-10-13(16-6-7-21-10)14(18)17-9-11-4-3-5-12(8-11)15(19)20-2;/h3-5,8,10,13,16H,6-7,9H2,1-2H3,(H,17,18);1H/t10-,13+;/m1./s1. The Hall–Kier alpha value is -1.63. The first-order valence-corrected chi connectivity index (χ1v) is 6.92. The van der Waals surface area contributed by atoms with Crippen molar-refractivity contribution in [3.05, 3.63) is 35.4 Å². The number of ether oxygens (including phenoxy) is 2. The van der Waals surface area contributed by atoms with Crippen molar-refractivity contribution in [3.63, 3.8) is 0 Å². The number of hydrogen-bond donors (Lipinski definition) is 2. The number of rotatable bonds is 4. The number of hydrogen-bond acceptors (Lipinski definition) is 5. The van der Waals surface area contributed by atoms with Crippen LogP contribution in [0.2, 0.25) is 0 Å². The molecule has 0 radical (unpaired) electrons. The molecule has 0 aromatic heterocycles. The third-order valence-electron chi connectivity index (χ3n) is 3.41. The molecule has 1 aromatic carbocycles. The van der Waals surface area contributed by atoms with E-state index in [1.807, 2.05) is 13.0 Å². The summed E-state index contributed by atoms with van der Waals surface area (Å²) in [6.45, 7) is 3.51. The quantitative estimate of drug-likeness (QED) is 0.803. The van der Waals surface area contributed by atoms with Crippen molar-refractivity contribution in [2.75, 3.05) is 20.3 Å². The predicted octanol–water partition coefficient (Wildman–Crippen LogP) is 0.888. The lowest BCUT2D eigenvalue weighted by atomic mass is 10.1. The molecule has 0 bridgehead atoms. The van der Waals surface area contributed by atoms with Crippen LogP contribution in [0.5, 0.6) is 0 Å². The Morgan fingerprint density at radius 3 is 2.91 bits per heavy atom. The van der Waals surface area contributed by atoms with Gasteiger partial charge < -0.3 is 20.1 Å². The summed E-state index contributed by atoms with van der Waals surface area (Å²) in [6, 6.07) is 6.65. The van der Waals surface area contributed by atoms with E-state index < -0.39 is 0 Å². The van der Waals surface area contributed by atoms with Crippen LogP contribution in [0.1, 0.15) is 22.8 Å². The van der Waals surface area contributed by atoms with Crippen LogP contribution in [0.4, 0.5) is 0 Å². The van der Waals surface area contributed by atoms with Crippen LogP contribution in [0.25, 0.3) is 0 Å². The highest BCUT2D eigenvalue weighted by Crippen LogP contribution is 2.08. The highest BCUT2D eigenvalue weighted by Gasteiger charge is 2.27. The van der Waals surface area contributed by atoms with E-state index in [4.69, 9.17) is 4.74 Å². The summed E-state index contributed by atoms with van der Waals surface area (Å²) in [5.74, 6) is -0.496. The lowest BCUT2D eigenvalue weighted by Crippen LogP contribution is -2.55. The van der Waals surface area contributed by atoms with Gasteiger partial charge in [-0.05, 0) is 24.6 Å². The minimum atomic E-state index is -0.390. The van der Waals surface area contributed by atoms with Crippen molar-refractivity contribution >= 4 is 24.3 Å². The molecule has 22 heavy (non-hydrogen) atoms. The van der Waals surface area contributed by atoms with E-state index in [-0.39, 0.29) is 36.4 Å². The molecule has 1 aromatic rings. The fourth-order valence-electron chi connectivity index (χ4n) is 2.25. The van der Waals surface area contributed by atoms with Gasteiger partial charge in [0.15, 0.2) is 0 Å². The van der Waals surface area contributed by atoms with E-state index in [1.165, 1.54) is 7.11 Å². The lowest BCUT2D eigenvalue weighted by Gasteiger charge is -2.29. The fraction of sp³-hybridized carbons (Fsp3) is 0.467. The van der Waals surface area contributed by atoms with Gasteiger partial charge in [-0.3, -0.25) is 4.79 Å². The van der Waals surface area contributed by atoms with Gasteiger partial charge in [0, 0.05) is 13.1 Å². The van der Waals surface area contributed by atoms with E-state index in [0.717, 1.165) is 5.56 Å². The van der Waals surface area contributed by atoms with E-state index in [9.17, 15) is 9.59 Å².